The first-order valence-corrected chi connectivity index (χ1v) is 3.16. The van der Waals surface area contributed by atoms with E-state index in [9.17, 15) is 0 Å². The first-order chi connectivity index (χ1) is 5.33. The van der Waals surface area contributed by atoms with Gasteiger partial charge in [-0.1, -0.05) is 5.16 Å². The van der Waals surface area contributed by atoms with Gasteiger partial charge in [0, 0.05) is 12.4 Å². The number of oxime groups is 1. The van der Waals surface area contributed by atoms with E-state index in [1.807, 2.05) is 6.07 Å². The average molecular weight is 154 g/mol. The average Bonchev–Trinajstić information content (AvgIpc) is 2.40. The maximum atomic E-state index is 5.44. The highest BCUT2D eigenvalue weighted by Gasteiger charge is 1.93. The Hall–Kier alpha value is -1.52. The van der Waals surface area contributed by atoms with E-state index in [-0.39, 0.29) is 0 Å². The Balaban J connectivity index is 2.50. The molecule has 1 aromatic rings. The Morgan fingerprint density at radius 3 is 3.18 bits per heavy atom. The molecule has 0 atom stereocenters. The summed E-state index contributed by atoms with van der Waals surface area (Å²) in [6.07, 6.45) is 3.48. The lowest BCUT2D eigenvalue weighted by Crippen LogP contribution is -2.19. The van der Waals surface area contributed by atoms with E-state index in [0.29, 0.717) is 12.4 Å². The minimum atomic E-state index is 0.399. The third kappa shape index (κ3) is 2.29. The van der Waals surface area contributed by atoms with Crippen molar-refractivity contribution in [3.05, 3.63) is 18.5 Å². The number of aromatic nitrogens is 2. The van der Waals surface area contributed by atoms with E-state index in [0.717, 1.165) is 0 Å². The van der Waals surface area contributed by atoms with Crippen molar-refractivity contribution in [2.24, 2.45) is 10.9 Å². The van der Waals surface area contributed by atoms with Gasteiger partial charge in [-0.05, 0) is 6.07 Å². The molecule has 0 saturated carbocycles. The fraction of sp³-hybridized carbons (Fsp3) is 0.333. The number of nitrogens with zero attached hydrogens (tertiary/aromatic N) is 3. The minimum Gasteiger partial charge on any atom is -0.398 e. The molecule has 1 rings (SSSR count). The van der Waals surface area contributed by atoms with E-state index in [1.165, 1.54) is 7.11 Å². The van der Waals surface area contributed by atoms with Gasteiger partial charge in [-0.25, -0.2) is 0 Å². The van der Waals surface area contributed by atoms with Gasteiger partial charge in [-0.15, -0.1) is 0 Å². The van der Waals surface area contributed by atoms with Crippen molar-refractivity contribution < 1.29 is 4.84 Å². The van der Waals surface area contributed by atoms with Crippen molar-refractivity contribution in [2.45, 2.75) is 6.54 Å². The Kier molecular flexibility index (Phi) is 2.48. The largest absolute Gasteiger partial charge is 0.398 e. The molecular weight excluding hydrogens is 144 g/mol. The molecule has 1 aromatic heterocycles. The standard InChI is InChI=1S/C6H10N4O/c1-11-9-6(7)5-10-4-2-3-8-10/h2-4H,5H2,1H3,(H2,7,9). The number of rotatable bonds is 3. The molecule has 0 bridgehead atoms. The molecule has 0 aliphatic rings. The second-order valence-electron chi connectivity index (χ2n) is 1.97. The summed E-state index contributed by atoms with van der Waals surface area (Å²) in [5, 5.41) is 7.47. The summed E-state index contributed by atoms with van der Waals surface area (Å²) in [5.41, 5.74) is 5.44. The quantitative estimate of drug-likeness (QED) is 0.372. The predicted octanol–water partition coefficient (Wildman–Crippen LogP) is -0.198. The Morgan fingerprint density at radius 1 is 1.82 bits per heavy atom. The lowest BCUT2D eigenvalue weighted by atomic mass is 10.6. The van der Waals surface area contributed by atoms with E-state index in [1.54, 1.807) is 17.1 Å². The fourth-order valence-corrected chi connectivity index (χ4v) is 0.706. The number of amidine groups is 1. The highest BCUT2D eigenvalue weighted by atomic mass is 16.6. The monoisotopic (exact) mass is 154 g/mol. The SMILES string of the molecule is CO/N=C(/N)Cn1cccn1. The van der Waals surface area contributed by atoms with Crippen molar-refractivity contribution in [1.82, 2.24) is 9.78 Å². The van der Waals surface area contributed by atoms with Gasteiger partial charge in [0.2, 0.25) is 0 Å². The van der Waals surface area contributed by atoms with Gasteiger partial charge in [0.1, 0.15) is 13.7 Å². The van der Waals surface area contributed by atoms with E-state index < -0.39 is 0 Å². The third-order valence-corrected chi connectivity index (χ3v) is 1.09. The molecule has 0 aliphatic heterocycles. The van der Waals surface area contributed by atoms with E-state index >= 15 is 0 Å². The molecule has 11 heavy (non-hydrogen) atoms. The number of hydrogen-bond donors (Lipinski definition) is 1. The van der Waals surface area contributed by atoms with Crippen LogP contribution in [0.15, 0.2) is 23.6 Å². The highest BCUT2D eigenvalue weighted by Crippen LogP contribution is 1.84. The number of nitrogens with two attached hydrogens (primary N) is 1. The molecule has 0 aromatic carbocycles. The van der Waals surface area contributed by atoms with Gasteiger partial charge < -0.3 is 10.6 Å². The molecule has 60 valence electrons. The van der Waals surface area contributed by atoms with Crippen LogP contribution in [0, 0.1) is 0 Å². The minimum absolute atomic E-state index is 0.399. The molecule has 5 heteroatoms. The summed E-state index contributed by atoms with van der Waals surface area (Å²) in [4.78, 5) is 4.47. The second kappa shape index (κ2) is 3.60. The zero-order valence-electron chi connectivity index (χ0n) is 6.27. The first kappa shape index (κ1) is 7.59. The third-order valence-electron chi connectivity index (χ3n) is 1.09. The van der Waals surface area contributed by atoms with Gasteiger partial charge in [0.05, 0.1) is 0 Å². The van der Waals surface area contributed by atoms with Crippen molar-refractivity contribution in [3.8, 4) is 0 Å². The molecule has 2 N–H and O–H groups in total. The van der Waals surface area contributed by atoms with Crippen LogP contribution >= 0.6 is 0 Å². The predicted molar refractivity (Wildman–Crippen MR) is 40.9 cm³/mol. The summed E-state index contributed by atoms with van der Waals surface area (Å²) in [5.74, 6) is 0.399. The molecule has 0 spiro atoms. The van der Waals surface area contributed by atoms with Gasteiger partial charge in [0.15, 0.2) is 5.84 Å². The van der Waals surface area contributed by atoms with E-state index in [2.05, 4.69) is 15.1 Å². The van der Waals surface area contributed by atoms with Crippen LogP contribution in [0.3, 0.4) is 0 Å². The van der Waals surface area contributed by atoms with Crippen LogP contribution in [-0.4, -0.2) is 22.7 Å². The topological polar surface area (TPSA) is 65.4 Å². The van der Waals surface area contributed by atoms with Gasteiger partial charge in [-0.3, -0.25) is 4.68 Å². The maximum absolute atomic E-state index is 5.44. The van der Waals surface area contributed by atoms with Crippen LogP contribution in [0.25, 0.3) is 0 Å². The van der Waals surface area contributed by atoms with Crippen LogP contribution in [-0.2, 0) is 11.4 Å². The number of hydrogen-bond acceptors (Lipinski definition) is 3. The van der Waals surface area contributed by atoms with Crippen molar-refractivity contribution in [3.63, 3.8) is 0 Å². The van der Waals surface area contributed by atoms with E-state index in [4.69, 9.17) is 5.73 Å². The van der Waals surface area contributed by atoms with Crippen LogP contribution in [0.5, 0.6) is 0 Å². The fourth-order valence-electron chi connectivity index (χ4n) is 0.706. The van der Waals surface area contributed by atoms with Crippen molar-refractivity contribution in [1.29, 1.82) is 0 Å². The Morgan fingerprint density at radius 2 is 2.64 bits per heavy atom. The van der Waals surface area contributed by atoms with Gasteiger partial charge in [0.25, 0.3) is 0 Å². The van der Waals surface area contributed by atoms with Gasteiger partial charge in [-0.2, -0.15) is 5.10 Å². The first-order valence-electron chi connectivity index (χ1n) is 3.16. The summed E-state index contributed by atoms with van der Waals surface area (Å²) >= 11 is 0. The molecule has 0 amide bonds. The normalized spacial score (nSPS) is 11.5. The molecule has 0 unspecified atom stereocenters. The molecule has 0 radical (unpaired) electrons. The van der Waals surface area contributed by atoms with Crippen molar-refractivity contribution in [2.75, 3.05) is 7.11 Å². The Bertz CT molecular complexity index is 229. The summed E-state index contributed by atoms with van der Waals surface area (Å²) in [6, 6.07) is 1.82. The molecule has 1 heterocycles. The molecular formula is C6H10N4O. The van der Waals surface area contributed by atoms with Crippen LogP contribution in [0.1, 0.15) is 0 Å². The summed E-state index contributed by atoms with van der Waals surface area (Å²) in [7, 11) is 1.45. The molecule has 0 aliphatic carbocycles. The summed E-state index contributed by atoms with van der Waals surface area (Å²) in [6.45, 7) is 0.459. The van der Waals surface area contributed by atoms with Crippen molar-refractivity contribution >= 4 is 5.84 Å². The lowest BCUT2D eigenvalue weighted by molar-refractivity contribution is 0.211. The zero-order valence-corrected chi connectivity index (χ0v) is 6.27. The molecule has 0 saturated heterocycles. The second-order valence-corrected chi connectivity index (χ2v) is 1.97. The lowest BCUT2D eigenvalue weighted by Gasteiger charge is -1.98. The maximum Gasteiger partial charge on any atom is 0.161 e. The van der Waals surface area contributed by atoms with Crippen LogP contribution < -0.4 is 5.73 Å². The summed E-state index contributed by atoms with van der Waals surface area (Å²) < 4.78 is 1.66. The van der Waals surface area contributed by atoms with Crippen LogP contribution in [0.4, 0.5) is 0 Å². The highest BCUT2D eigenvalue weighted by molar-refractivity contribution is 5.79. The Labute approximate surface area is 64.4 Å². The zero-order chi connectivity index (χ0) is 8.10. The van der Waals surface area contributed by atoms with Gasteiger partial charge >= 0.3 is 0 Å². The molecule has 5 nitrogen and oxygen atoms in total. The van der Waals surface area contributed by atoms with Crippen LogP contribution in [0.2, 0.25) is 0 Å². The smallest absolute Gasteiger partial charge is 0.161 e. The molecule has 0 fully saturated rings.